The van der Waals surface area contributed by atoms with Crippen molar-refractivity contribution in [3.63, 3.8) is 0 Å². The van der Waals surface area contributed by atoms with Crippen LogP contribution in [0.2, 0.25) is 5.28 Å². The minimum absolute atomic E-state index is 0.268. The normalized spacial score (nSPS) is 11.0. The second-order valence-electron chi connectivity index (χ2n) is 5.58. The van der Waals surface area contributed by atoms with Crippen molar-refractivity contribution < 1.29 is 0 Å². The molecule has 0 atom stereocenters. The summed E-state index contributed by atoms with van der Waals surface area (Å²) in [5.74, 6) is 0. The molecule has 0 amide bonds. The van der Waals surface area contributed by atoms with Gasteiger partial charge in [-0.15, -0.1) is 0 Å². The molecule has 2 aromatic heterocycles. The smallest absolute Gasteiger partial charge is 0.222 e. The van der Waals surface area contributed by atoms with E-state index in [-0.39, 0.29) is 5.28 Å². The summed E-state index contributed by atoms with van der Waals surface area (Å²) >= 11 is 5.90. The molecule has 0 fully saturated rings. The quantitative estimate of drug-likeness (QED) is 0.631. The lowest BCUT2D eigenvalue weighted by atomic mass is 10.1. The van der Waals surface area contributed by atoms with Crippen molar-refractivity contribution in [1.82, 2.24) is 19.9 Å². The van der Waals surface area contributed by atoms with Crippen LogP contribution in [0.25, 0.3) is 11.3 Å². The zero-order valence-corrected chi connectivity index (χ0v) is 14.3. The summed E-state index contributed by atoms with van der Waals surface area (Å²) in [5, 5.41) is 0.268. The summed E-state index contributed by atoms with van der Waals surface area (Å²) in [7, 11) is 0. The molecule has 5 heteroatoms. The number of benzene rings is 1. The number of hydrogen-bond acceptors (Lipinski definition) is 4. The highest BCUT2D eigenvalue weighted by Crippen LogP contribution is 2.20. The van der Waals surface area contributed by atoms with Gasteiger partial charge in [0.1, 0.15) is 0 Å². The van der Waals surface area contributed by atoms with Gasteiger partial charge in [0.25, 0.3) is 0 Å². The lowest BCUT2D eigenvalue weighted by Crippen LogP contribution is -2.22. The Bertz CT molecular complexity index is 792. The average molecular weight is 339 g/mol. The van der Waals surface area contributed by atoms with Gasteiger partial charge in [-0.1, -0.05) is 31.2 Å². The maximum absolute atomic E-state index is 5.90. The molecule has 1 aromatic carbocycles. The van der Waals surface area contributed by atoms with Gasteiger partial charge in [0.15, 0.2) is 0 Å². The molecule has 3 rings (SSSR count). The third-order valence-electron chi connectivity index (χ3n) is 3.83. The van der Waals surface area contributed by atoms with E-state index >= 15 is 0 Å². The molecule has 0 radical (unpaired) electrons. The van der Waals surface area contributed by atoms with Gasteiger partial charge in [-0.05, 0) is 47.5 Å². The SMILES string of the molecule is CCN(Cc1cccnc1)Cc1cccc(-c2ccnc(Cl)n2)c1. The highest BCUT2D eigenvalue weighted by Gasteiger charge is 2.07. The van der Waals surface area contributed by atoms with Gasteiger partial charge in [-0.25, -0.2) is 9.97 Å². The molecule has 0 aliphatic rings. The molecule has 0 spiro atoms. The summed E-state index contributed by atoms with van der Waals surface area (Å²) in [4.78, 5) is 14.8. The van der Waals surface area contributed by atoms with E-state index in [2.05, 4.69) is 51.0 Å². The van der Waals surface area contributed by atoms with E-state index in [1.165, 1.54) is 11.1 Å². The predicted octanol–water partition coefficient (Wildman–Crippen LogP) is 4.21. The standard InChI is InChI=1S/C19H19ClN4/c1-2-24(14-16-6-4-9-21-12-16)13-15-5-3-7-17(11-15)18-8-10-22-19(20)23-18/h3-12H,2,13-14H2,1H3. The molecule has 3 aromatic rings. The Morgan fingerprint density at radius 1 is 1.00 bits per heavy atom. The monoisotopic (exact) mass is 338 g/mol. The van der Waals surface area contributed by atoms with Crippen LogP contribution in [0, 0.1) is 0 Å². The molecular weight excluding hydrogens is 320 g/mol. The van der Waals surface area contributed by atoms with Crippen molar-refractivity contribution in [2.24, 2.45) is 0 Å². The summed E-state index contributed by atoms with van der Waals surface area (Å²) in [5.41, 5.74) is 4.35. The first-order valence-corrected chi connectivity index (χ1v) is 8.31. The van der Waals surface area contributed by atoms with Gasteiger partial charge in [0.2, 0.25) is 5.28 Å². The van der Waals surface area contributed by atoms with Gasteiger partial charge in [-0.3, -0.25) is 9.88 Å². The minimum atomic E-state index is 0.268. The van der Waals surface area contributed by atoms with E-state index in [4.69, 9.17) is 11.6 Å². The number of aromatic nitrogens is 3. The molecule has 0 N–H and O–H groups in total. The van der Waals surface area contributed by atoms with E-state index in [1.807, 2.05) is 24.4 Å². The lowest BCUT2D eigenvalue weighted by Gasteiger charge is -2.20. The molecule has 4 nitrogen and oxygen atoms in total. The Kier molecular flexibility index (Phi) is 5.51. The van der Waals surface area contributed by atoms with Gasteiger partial charge in [0, 0.05) is 37.2 Å². The molecule has 2 heterocycles. The van der Waals surface area contributed by atoms with Crippen LogP contribution in [0.5, 0.6) is 0 Å². The second-order valence-corrected chi connectivity index (χ2v) is 5.91. The van der Waals surface area contributed by atoms with Crippen molar-refractivity contribution >= 4 is 11.6 Å². The highest BCUT2D eigenvalue weighted by molar-refractivity contribution is 6.28. The molecular formula is C19H19ClN4. The minimum Gasteiger partial charge on any atom is -0.295 e. The zero-order valence-electron chi connectivity index (χ0n) is 13.6. The topological polar surface area (TPSA) is 41.9 Å². The van der Waals surface area contributed by atoms with Crippen molar-refractivity contribution in [3.8, 4) is 11.3 Å². The molecule has 0 aliphatic heterocycles. The summed E-state index contributed by atoms with van der Waals surface area (Å²) in [6.07, 6.45) is 5.40. The maximum atomic E-state index is 5.90. The van der Waals surface area contributed by atoms with E-state index < -0.39 is 0 Å². The Hall–Kier alpha value is -2.30. The Morgan fingerprint density at radius 3 is 2.58 bits per heavy atom. The summed E-state index contributed by atoms with van der Waals surface area (Å²) in [6.45, 7) is 4.90. The largest absolute Gasteiger partial charge is 0.295 e. The van der Waals surface area contributed by atoms with E-state index in [0.717, 1.165) is 30.9 Å². The molecule has 0 bridgehead atoms. The van der Waals surface area contributed by atoms with Crippen molar-refractivity contribution in [1.29, 1.82) is 0 Å². The van der Waals surface area contributed by atoms with Gasteiger partial charge in [-0.2, -0.15) is 0 Å². The molecule has 24 heavy (non-hydrogen) atoms. The fraction of sp³-hybridized carbons (Fsp3) is 0.211. The molecule has 0 unspecified atom stereocenters. The van der Waals surface area contributed by atoms with E-state index in [9.17, 15) is 0 Å². The Balaban J connectivity index is 1.76. The van der Waals surface area contributed by atoms with Crippen molar-refractivity contribution in [2.75, 3.05) is 6.54 Å². The fourth-order valence-corrected chi connectivity index (χ4v) is 2.76. The fourth-order valence-electron chi connectivity index (χ4n) is 2.61. The third-order valence-corrected chi connectivity index (χ3v) is 4.01. The third kappa shape index (κ3) is 4.37. The molecule has 0 saturated heterocycles. The first-order valence-electron chi connectivity index (χ1n) is 7.93. The van der Waals surface area contributed by atoms with Crippen LogP contribution in [-0.2, 0) is 13.1 Å². The van der Waals surface area contributed by atoms with Crippen LogP contribution in [-0.4, -0.2) is 26.4 Å². The molecule has 0 saturated carbocycles. The second kappa shape index (κ2) is 7.99. The van der Waals surface area contributed by atoms with Crippen LogP contribution in [0.4, 0.5) is 0 Å². The number of pyridine rings is 1. The van der Waals surface area contributed by atoms with Crippen LogP contribution in [0.15, 0.2) is 61.1 Å². The first-order chi connectivity index (χ1) is 11.7. The van der Waals surface area contributed by atoms with Gasteiger partial charge < -0.3 is 0 Å². The summed E-state index contributed by atoms with van der Waals surface area (Å²) < 4.78 is 0. The van der Waals surface area contributed by atoms with Gasteiger partial charge in [0.05, 0.1) is 5.69 Å². The molecule has 122 valence electrons. The average Bonchev–Trinajstić information content (AvgIpc) is 2.62. The number of halogens is 1. The number of nitrogens with zero attached hydrogens (tertiary/aromatic N) is 4. The Morgan fingerprint density at radius 2 is 1.83 bits per heavy atom. The Labute approximate surface area is 147 Å². The van der Waals surface area contributed by atoms with Crippen LogP contribution in [0.1, 0.15) is 18.1 Å². The number of rotatable bonds is 6. The summed E-state index contributed by atoms with van der Waals surface area (Å²) in [6, 6.07) is 14.3. The predicted molar refractivity (Wildman–Crippen MR) is 96.5 cm³/mol. The molecule has 0 aliphatic carbocycles. The maximum Gasteiger partial charge on any atom is 0.222 e. The van der Waals surface area contributed by atoms with Crippen molar-refractivity contribution in [2.45, 2.75) is 20.0 Å². The van der Waals surface area contributed by atoms with Crippen LogP contribution in [0.3, 0.4) is 0 Å². The van der Waals surface area contributed by atoms with Gasteiger partial charge >= 0.3 is 0 Å². The lowest BCUT2D eigenvalue weighted by molar-refractivity contribution is 0.271. The zero-order chi connectivity index (χ0) is 16.8. The first kappa shape index (κ1) is 16.6. The number of hydrogen-bond donors (Lipinski definition) is 0. The highest BCUT2D eigenvalue weighted by atomic mass is 35.5. The van der Waals surface area contributed by atoms with Crippen molar-refractivity contribution in [3.05, 3.63) is 77.5 Å². The van der Waals surface area contributed by atoms with E-state index in [1.54, 1.807) is 12.4 Å². The van der Waals surface area contributed by atoms with Crippen LogP contribution < -0.4 is 0 Å². The van der Waals surface area contributed by atoms with Crippen LogP contribution >= 0.6 is 11.6 Å². The van der Waals surface area contributed by atoms with E-state index in [0.29, 0.717) is 0 Å².